The first-order valence-corrected chi connectivity index (χ1v) is 6.10. The van der Waals surface area contributed by atoms with Crippen molar-refractivity contribution in [2.24, 2.45) is 0 Å². The summed E-state index contributed by atoms with van der Waals surface area (Å²) in [6.45, 7) is 1.07. The predicted molar refractivity (Wildman–Crippen MR) is 69.1 cm³/mol. The van der Waals surface area contributed by atoms with Crippen molar-refractivity contribution < 1.29 is 17.9 Å². The van der Waals surface area contributed by atoms with E-state index in [2.05, 4.69) is 0 Å². The van der Waals surface area contributed by atoms with Crippen LogP contribution in [0.1, 0.15) is 12.8 Å². The van der Waals surface area contributed by atoms with Crippen LogP contribution in [0.15, 0.2) is 24.3 Å². The van der Waals surface area contributed by atoms with E-state index >= 15 is 0 Å². The zero-order valence-corrected chi connectivity index (χ0v) is 10.9. The molecule has 108 valence electrons. The van der Waals surface area contributed by atoms with Crippen LogP contribution in [0, 0.1) is 0 Å². The number of halogens is 3. The summed E-state index contributed by atoms with van der Waals surface area (Å²) in [5.41, 5.74) is 6.20. The largest absolute Gasteiger partial charge is 0.494 e. The molecule has 0 aliphatic carbocycles. The standard InChI is InChI=1S/C13H19F3N2O/c1-18(9-7-13(14,15)16)8-2-10-19-12-5-3-11(17)4-6-12/h3-6H,2,7-10,17H2,1H3. The zero-order chi connectivity index (χ0) is 14.3. The lowest BCUT2D eigenvalue weighted by Gasteiger charge is -2.17. The molecule has 0 spiro atoms. The van der Waals surface area contributed by atoms with Gasteiger partial charge in [-0.25, -0.2) is 0 Å². The zero-order valence-electron chi connectivity index (χ0n) is 10.9. The molecule has 6 heteroatoms. The van der Waals surface area contributed by atoms with Gasteiger partial charge in [0.2, 0.25) is 0 Å². The molecule has 0 aliphatic rings. The summed E-state index contributed by atoms with van der Waals surface area (Å²) in [6.07, 6.45) is -4.18. The van der Waals surface area contributed by atoms with Gasteiger partial charge in [0.15, 0.2) is 0 Å². The van der Waals surface area contributed by atoms with Gasteiger partial charge in [0.25, 0.3) is 0 Å². The Balaban J connectivity index is 2.12. The monoisotopic (exact) mass is 276 g/mol. The second kappa shape index (κ2) is 7.23. The maximum absolute atomic E-state index is 12.0. The van der Waals surface area contributed by atoms with Crippen LogP contribution < -0.4 is 10.5 Å². The quantitative estimate of drug-likeness (QED) is 0.614. The average Bonchev–Trinajstić information content (AvgIpc) is 2.33. The van der Waals surface area contributed by atoms with Gasteiger partial charge in [0, 0.05) is 18.8 Å². The number of nitrogen functional groups attached to an aromatic ring is 1. The van der Waals surface area contributed by atoms with E-state index in [1.54, 1.807) is 36.2 Å². The van der Waals surface area contributed by atoms with Gasteiger partial charge in [-0.05, 0) is 37.7 Å². The highest BCUT2D eigenvalue weighted by Crippen LogP contribution is 2.19. The Hall–Kier alpha value is -1.43. The van der Waals surface area contributed by atoms with Gasteiger partial charge in [-0.2, -0.15) is 13.2 Å². The Morgan fingerprint density at radius 3 is 2.37 bits per heavy atom. The molecule has 0 atom stereocenters. The van der Waals surface area contributed by atoms with Gasteiger partial charge in [-0.1, -0.05) is 0 Å². The third-order valence-corrected chi connectivity index (χ3v) is 2.61. The Bertz CT molecular complexity index is 365. The maximum atomic E-state index is 12.0. The summed E-state index contributed by atoms with van der Waals surface area (Å²) in [4.78, 5) is 1.65. The van der Waals surface area contributed by atoms with Gasteiger partial charge >= 0.3 is 6.18 Å². The lowest BCUT2D eigenvalue weighted by molar-refractivity contribution is -0.137. The smallest absolute Gasteiger partial charge is 0.390 e. The van der Waals surface area contributed by atoms with Crippen LogP contribution >= 0.6 is 0 Å². The third kappa shape index (κ3) is 7.56. The highest BCUT2D eigenvalue weighted by atomic mass is 19.4. The van der Waals surface area contributed by atoms with E-state index in [9.17, 15) is 13.2 Å². The molecule has 0 fully saturated rings. The molecule has 0 aliphatic heterocycles. The van der Waals surface area contributed by atoms with Crippen molar-refractivity contribution in [3.63, 3.8) is 0 Å². The summed E-state index contributed by atoms with van der Waals surface area (Å²) in [5.74, 6) is 0.715. The molecule has 0 amide bonds. The SMILES string of the molecule is CN(CCCOc1ccc(N)cc1)CCC(F)(F)F. The molecule has 0 aromatic heterocycles. The van der Waals surface area contributed by atoms with E-state index in [-0.39, 0.29) is 6.54 Å². The minimum Gasteiger partial charge on any atom is -0.494 e. The number of hydrogen-bond acceptors (Lipinski definition) is 3. The van der Waals surface area contributed by atoms with Crippen LogP contribution in [0.3, 0.4) is 0 Å². The Kier molecular flexibility index (Phi) is 5.95. The highest BCUT2D eigenvalue weighted by molar-refractivity contribution is 5.41. The number of benzene rings is 1. The van der Waals surface area contributed by atoms with Crippen molar-refractivity contribution in [1.29, 1.82) is 0 Å². The normalized spacial score (nSPS) is 11.8. The van der Waals surface area contributed by atoms with E-state index in [1.165, 1.54) is 0 Å². The van der Waals surface area contributed by atoms with Crippen LogP contribution in [0.2, 0.25) is 0 Å². The summed E-state index contributed by atoms with van der Waals surface area (Å²) in [5, 5.41) is 0. The summed E-state index contributed by atoms with van der Waals surface area (Å²) < 4.78 is 41.4. The number of nitrogens with zero attached hydrogens (tertiary/aromatic N) is 1. The second-order valence-electron chi connectivity index (χ2n) is 4.44. The molecular formula is C13H19F3N2O. The minimum atomic E-state index is -4.09. The molecule has 0 radical (unpaired) electrons. The molecule has 3 nitrogen and oxygen atoms in total. The van der Waals surface area contributed by atoms with Crippen molar-refractivity contribution in [2.45, 2.75) is 19.0 Å². The molecule has 2 N–H and O–H groups in total. The molecule has 19 heavy (non-hydrogen) atoms. The maximum Gasteiger partial charge on any atom is 0.390 e. The molecule has 0 saturated carbocycles. The topological polar surface area (TPSA) is 38.5 Å². The molecule has 1 aromatic rings. The van der Waals surface area contributed by atoms with Gasteiger partial charge < -0.3 is 15.4 Å². The fourth-order valence-corrected chi connectivity index (χ4v) is 1.52. The van der Waals surface area contributed by atoms with Crippen LogP contribution in [-0.4, -0.2) is 37.8 Å². The number of anilines is 1. The van der Waals surface area contributed by atoms with E-state index in [4.69, 9.17) is 10.5 Å². The molecule has 1 rings (SSSR count). The fraction of sp³-hybridized carbons (Fsp3) is 0.538. The summed E-state index contributed by atoms with van der Waals surface area (Å²) in [6, 6.07) is 7.01. The molecule has 1 aromatic carbocycles. The third-order valence-electron chi connectivity index (χ3n) is 2.61. The first-order valence-electron chi connectivity index (χ1n) is 6.10. The molecule has 0 saturated heterocycles. The van der Waals surface area contributed by atoms with Crippen molar-refractivity contribution in [3.05, 3.63) is 24.3 Å². The summed E-state index contributed by atoms with van der Waals surface area (Å²) >= 11 is 0. The number of hydrogen-bond donors (Lipinski definition) is 1. The van der Waals surface area contributed by atoms with Crippen molar-refractivity contribution in [2.75, 3.05) is 32.5 Å². The first-order chi connectivity index (χ1) is 8.87. The lowest BCUT2D eigenvalue weighted by Crippen LogP contribution is -2.26. The molecular weight excluding hydrogens is 257 g/mol. The van der Waals surface area contributed by atoms with Gasteiger partial charge in [0.1, 0.15) is 5.75 Å². The van der Waals surface area contributed by atoms with E-state index in [0.717, 1.165) is 0 Å². The van der Waals surface area contributed by atoms with Crippen LogP contribution in [0.25, 0.3) is 0 Å². The van der Waals surface area contributed by atoms with Gasteiger partial charge in [-0.3, -0.25) is 0 Å². The fourth-order valence-electron chi connectivity index (χ4n) is 1.52. The molecule has 0 bridgehead atoms. The second-order valence-corrected chi connectivity index (χ2v) is 4.44. The molecule has 0 heterocycles. The lowest BCUT2D eigenvalue weighted by atomic mass is 10.3. The van der Waals surface area contributed by atoms with Crippen molar-refractivity contribution >= 4 is 5.69 Å². The van der Waals surface area contributed by atoms with Crippen LogP contribution in [0.4, 0.5) is 18.9 Å². The minimum absolute atomic E-state index is 0.0192. The summed E-state index contributed by atoms with van der Waals surface area (Å²) in [7, 11) is 1.68. The Labute approximate surface area is 111 Å². The average molecular weight is 276 g/mol. The Morgan fingerprint density at radius 2 is 1.79 bits per heavy atom. The Morgan fingerprint density at radius 1 is 1.16 bits per heavy atom. The van der Waals surface area contributed by atoms with Crippen LogP contribution in [-0.2, 0) is 0 Å². The number of ether oxygens (including phenoxy) is 1. The van der Waals surface area contributed by atoms with E-state index in [0.29, 0.717) is 31.0 Å². The molecule has 0 unspecified atom stereocenters. The predicted octanol–water partition coefficient (Wildman–Crippen LogP) is 2.92. The number of nitrogens with two attached hydrogens (primary N) is 1. The van der Waals surface area contributed by atoms with Gasteiger partial charge in [-0.15, -0.1) is 0 Å². The van der Waals surface area contributed by atoms with E-state index in [1.807, 2.05) is 0 Å². The highest BCUT2D eigenvalue weighted by Gasteiger charge is 2.26. The van der Waals surface area contributed by atoms with Crippen molar-refractivity contribution in [1.82, 2.24) is 4.90 Å². The van der Waals surface area contributed by atoms with Gasteiger partial charge in [0.05, 0.1) is 13.0 Å². The number of alkyl halides is 3. The van der Waals surface area contributed by atoms with Crippen LogP contribution in [0.5, 0.6) is 5.75 Å². The van der Waals surface area contributed by atoms with E-state index < -0.39 is 12.6 Å². The first kappa shape index (κ1) is 15.6. The van der Waals surface area contributed by atoms with Crippen molar-refractivity contribution in [3.8, 4) is 5.75 Å². The number of rotatable bonds is 7.